The van der Waals surface area contributed by atoms with E-state index in [1.807, 2.05) is 13.8 Å². The van der Waals surface area contributed by atoms with Crippen LogP contribution in [0, 0.1) is 27.7 Å². The summed E-state index contributed by atoms with van der Waals surface area (Å²) in [7, 11) is 0. The predicted molar refractivity (Wildman–Crippen MR) is 182 cm³/mol. The first kappa shape index (κ1) is 37.5. The van der Waals surface area contributed by atoms with Crippen molar-refractivity contribution in [3.05, 3.63) is 139 Å². The molecule has 6 aromatic rings. The highest BCUT2D eigenvalue weighted by Crippen LogP contribution is 2.34. The van der Waals surface area contributed by atoms with E-state index in [2.05, 4.69) is 30.1 Å². The van der Waals surface area contributed by atoms with Crippen molar-refractivity contribution in [2.45, 2.75) is 66.0 Å². The Bertz CT molecular complexity index is 2170. The van der Waals surface area contributed by atoms with Crippen molar-refractivity contribution in [2.24, 2.45) is 0 Å². The Morgan fingerprint density at radius 3 is 1.27 bits per heavy atom. The van der Waals surface area contributed by atoms with Crippen LogP contribution in [-0.4, -0.2) is 39.5 Å². The third-order valence-corrected chi connectivity index (χ3v) is 8.40. The summed E-state index contributed by atoms with van der Waals surface area (Å²) in [6.45, 7) is 10.4. The molecule has 0 amide bonds. The Morgan fingerprint density at radius 2 is 0.962 bits per heavy atom. The Balaban J connectivity index is 0.000000201. The van der Waals surface area contributed by atoms with E-state index in [1.54, 1.807) is 61.8 Å². The van der Waals surface area contributed by atoms with E-state index in [-0.39, 0.29) is 23.2 Å². The van der Waals surface area contributed by atoms with Crippen molar-refractivity contribution in [1.29, 1.82) is 0 Å². The van der Waals surface area contributed by atoms with Crippen LogP contribution in [0.25, 0.3) is 22.5 Å². The number of alkyl halides is 6. The van der Waals surface area contributed by atoms with Gasteiger partial charge in [0.2, 0.25) is 0 Å². The Labute approximate surface area is 293 Å². The average molecular weight is 725 g/mol. The van der Waals surface area contributed by atoms with Crippen molar-refractivity contribution in [3.63, 3.8) is 0 Å². The van der Waals surface area contributed by atoms with Crippen LogP contribution < -0.4 is 11.1 Å². The van der Waals surface area contributed by atoms with E-state index in [4.69, 9.17) is 0 Å². The van der Waals surface area contributed by atoms with Crippen LogP contribution in [0.3, 0.4) is 0 Å². The quantitative estimate of drug-likeness (QED) is 0.169. The number of hydrogen-bond acceptors (Lipinski definition) is 6. The lowest BCUT2D eigenvalue weighted by Gasteiger charge is -2.17. The van der Waals surface area contributed by atoms with Crippen LogP contribution in [0.15, 0.2) is 82.9 Å². The second-order valence-electron chi connectivity index (χ2n) is 12.3. The lowest BCUT2D eigenvalue weighted by Crippen LogP contribution is -2.11. The third-order valence-electron chi connectivity index (χ3n) is 8.40. The molecular weight excluding hydrogens is 690 g/mol. The lowest BCUT2D eigenvalue weighted by atomic mass is 10.00. The van der Waals surface area contributed by atoms with Crippen molar-refractivity contribution in [3.8, 4) is 22.5 Å². The number of aryl methyl sites for hydroxylation is 4. The maximum absolute atomic E-state index is 12.8. The normalized spacial score (nSPS) is 13.0. The maximum atomic E-state index is 12.8. The van der Waals surface area contributed by atoms with Gasteiger partial charge in [0, 0.05) is 35.7 Å². The molecular formula is C36H34F6N8O2. The smallest absolute Gasteiger partial charge is 0.311 e. The second-order valence-corrected chi connectivity index (χ2v) is 12.3. The maximum Gasteiger partial charge on any atom is 0.416 e. The molecule has 0 unspecified atom stereocenters. The SMILES string of the molecule is Cc1nc(-c2cnn([C@@H](C)c3ccc(C(F)(F)F)cc3C)c2)cc(=O)[nH]1.Cc1nc(-c2cnn([C@H](C)c3ccc(C(F)(F)F)cc3C)c2)cc(=O)[nH]1. The number of rotatable bonds is 6. The molecule has 0 aliphatic heterocycles. The third kappa shape index (κ3) is 8.55. The number of H-pyrrole nitrogens is 2. The molecule has 10 nitrogen and oxygen atoms in total. The fraction of sp³-hybridized carbons (Fsp3) is 0.278. The van der Waals surface area contributed by atoms with E-state index in [0.717, 1.165) is 35.4 Å². The van der Waals surface area contributed by atoms with Crippen LogP contribution in [0.2, 0.25) is 0 Å². The van der Waals surface area contributed by atoms with Gasteiger partial charge in [-0.3, -0.25) is 19.0 Å². The molecule has 0 radical (unpaired) electrons. The molecule has 4 heterocycles. The first-order valence-electron chi connectivity index (χ1n) is 15.9. The van der Waals surface area contributed by atoms with Crippen LogP contribution in [0.4, 0.5) is 26.3 Å². The highest BCUT2D eigenvalue weighted by Gasteiger charge is 2.32. The number of aromatic amines is 2. The molecule has 0 bridgehead atoms. The number of aromatic nitrogens is 8. The summed E-state index contributed by atoms with van der Waals surface area (Å²) in [5.74, 6) is 0.985. The molecule has 2 atom stereocenters. The Hall–Kier alpha value is -5.80. The summed E-state index contributed by atoms with van der Waals surface area (Å²) >= 11 is 0. The second kappa shape index (κ2) is 14.4. The minimum atomic E-state index is -4.37. The summed E-state index contributed by atoms with van der Waals surface area (Å²) in [6, 6.07) is 9.58. The van der Waals surface area contributed by atoms with Gasteiger partial charge in [-0.25, -0.2) is 9.97 Å². The molecule has 0 aliphatic carbocycles. The first-order valence-corrected chi connectivity index (χ1v) is 15.9. The molecule has 52 heavy (non-hydrogen) atoms. The van der Waals surface area contributed by atoms with Gasteiger partial charge in [-0.15, -0.1) is 0 Å². The van der Waals surface area contributed by atoms with Gasteiger partial charge >= 0.3 is 12.4 Å². The van der Waals surface area contributed by atoms with Gasteiger partial charge in [-0.1, -0.05) is 12.1 Å². The van der Waals surface area contributed by atoms with Crippen molar-refractivity contribution in [2.75, 3.05) is 0 Å². The summed E-state index contributed by atoms with van der Waals surface area (Å²) in [4.78, 5) is 36.9. The van der Waals surface area contributed by atoms with Crippen LogP contribution in [-0.2, 0) is 12.4 Å². The van der Waals surface area contributed by atoms with Crippen molar-refractivity contribution < 1.29 is 26.3 Å². The van der Waals surface area contributed by atoms with Crippen LogP contribution in [0.5, 0.6) is 0 Å². The molecule has 0 fully saturated rings. The molecule has 4 aromatic heterocycles. The van der Waals surface area contributed by atoms with Gasteiger partial charge in [0.15, 0.2) is 0 Å². The Morgan fingerprint density at radius 1 is 0.596 bits per heavy atom. The van der Waals surface area contributed by atoms with E-state index < -0.39 is 23.5 Å². The molecule has 272 valence electrons. The van der Waals surface area contributed by atoms with Gasteiger partial charge in [0.1, 0.15) is 11.6 Å². The molecule has 0 saturated carbocycles. The topological polar surface area (TPSA) is 127 Å². The van der Waals surface area contributed by atoms with Gasteiger partial charge in [-0.05, 0) is 88.1 Å². The fourth-order valence-corrected chi connectivity index (χ4v) is 5.75. The number of hydrogen-bond donors (Lipinski definition) is 2. The predicted octanol–water partition coefficient (Wildman–Crippen LogP) is 7.76. The zero-order chi connectivity index (χ0) is 38.1. The van der Waals surface area contributed by atoms with Gasteiger partial charge in [-0.2, -0.15) is 36.5 Å². The standard InChI is InChI=1S/2C18H17F3N4O/c2*1-10-6-14(18(19,20)21)4-5-15(10)11(2)25-9-13(8-22-25)16-7-17(26)24-12(3)23-16/h2*4-9,11H,1-3H3,(H,23,24,26)/t2*11-/m10/s1. The zero-order valence-corrected chi connectivity index (χ0v) is 28.9. The van der Waals surface area contributed by atoms with Crippen molar-refractivity contribution in [1.82, 2.24) is 39.5 Å². The zero-order valence-electron chi connectivity index (χ0n) is 28.9. The summed E-state index contributed by atoms with van der Waals surface area (Å²) in [6.07, 6.45) is -2.12. The molecule has 0 saturated heterocycles. The van der Waals surface area contributed by atoms with E-state index in [9.17, 15) is 35.9 Å². The van der Waals surface area contributed by atoms with Crippen LogP contribution >= 0.6 is 0 Å². The number of benzene rings is 2. The van der Waals surface area contributed by atoms with Crippen molar-refractivity contribution >= 4 is 0 Å². The van der Waals surface area contributed by atoms with Gasteiger partial charge in [0.25, 0.3) is 11.1 Å². The average Bonchev–Trinajstić information content (AvgIpc) is 3.74. The lowest BCUT2D eigenvalue weighted by molar-refractivity contribution is -0.138. The van der Waals surface area contributed by atoms with Crippen LogP contribution in [0.1, 0.15) is 71.0 Å². The largest absolute Gasteiger partial charge is 0.416 e. The molecule has 0 spiro atoms. The summed E-state index contributed by atoms with van der Waals surface area (Å²) in [5.41, 5.74) is 3.01. The minimum absolute atomic E-state index is 0.258. The first-order chi connectivity index (χ1) is 24.3. The summed E-state index contributed by atoms with van der Waals surface area (Å²) < 4.78 is 80.2. The van der Waals surface area contributed by atoms with Gasteiger partial charge < -0.3 is 9.97 Å². The number of nitrogens with one attached hydrogen (secondary N) is 2. The van der Waals surface area contributed by atoms with E-state index in [0.29, 0.717) is 45.3 Å². The van der Waals surface area contributed by atoms with Gasteiger partial charge in [0.05, 0.1) is 47.0 Å². The highest BCUT2D eigenvalue weighted by molar-refractivity contribution is 5.57. The van der Waals surface area contributed by atoms with E-state index in [1.165, 1.54) is 24.3 Å². The molecule has 6 rings (SSSR count). The number of nitrogens with zero attached hydrogens (tertiary/aromatic N) is 6. The molecule has 16 heteroatoms. The molecule has 2 aromatic carbocycles. The Kier molecular flexibility index (Phi) is 10.4. The van der Waals surface area contributed by atoms with E-state index >= 15 is 0 Å². The molecule has 2 N–H and O–H groups in total. The highest BCUT2D eigenvalue weighted by atomic mass is 19.4. The fourth-order valence-electron chi connectivity index (χ4n) is 5.75. The monoisotopic (exact) mass is 724 g/mol. The summed E-state index contributed by atoms with van der Waals surface area (Å²) in [5, 5.41) is 8.57. The number of halogens is 6. The minimum Gasteiger partial charge on any atom is -0.311 e. The molecule has 0 aliphatic rings.